The molecule has 0 bridgehead atoms. The number of rotatable bonds is 3. The number of ketones is 1. The monoisotopic (exact) mass is 344 g/mol. The zero-order valence-corrected chi connectivity index (χ0v) is 12.3. The Morgan fingerprint density at radius 2 is 2.05 bits per heavy atom. The molecule has 21 heavy (non-hydrogen) atoms. The van der Waals surface area contributed by atoms with Crippen LogP contribution in [0.15, 0.2) is 66.8 Å². The van der Waals surface area contributed by atoms with E-state index in [0.29, 0.717) is 16.7 Å². The van der Waals surface area contributed by atoms with Crippen molar-refractivity contribution in [2.75, 3.05) is 0 Å². The van der Waals surface area contributed by atoms with E-state index in [-0.39, 0.29) is 5.56 Å². The number of benzene rings is 1. The van der Waals surface area contributed by atoms with Gasteiger partial charge in [-0.15, -0.1) is 0 Å². The minimum Gasteiger partial charge on any atom is -0.465 e. The lowest BCUT2D eigenvalue weighted by molar-refractivity contribution is 0.104. The summed E-state index contributed by atoms with van der Waals surface area (Å²) in [6.45, 7) is 0. The van der Waals surface area contributed by atoms with Crippen LogP contribution < -0.4 is 5.63 Å². The van der Waals surface area contributed by atoms with Crippen LogP contribution in [-0.4, -0.2) is 5.78 Å². The average Bonchev–Trinajstić information content (AvgIpc) is 2.98. The van der Waals surface area contributed by atoms with E-state index in [1.54, 1.807) is 30.3 Å². The Kier molecular flexibility index (Phi) is 3.58. The highest BCUT2D eigenvalue weighted by molar-refractivity contribution is 9.10. The molecule has 0 N–H and O–H groups in total. The fraction of sp³-hybridized carbons (Fsp3) is 0. The summed E-state index contributed by atoms with van der Waals surface area (Å²) in [6.07, 6.45) is 4.30. The average molecular weight is 345 g/mol. The van der Waals surface area contributed by atoms with Gasteiger partial charge in [0.2, 0.25) is 0 Å². The first-order valence-corrected chi connectivity index (χ1v) is 6.92. The summed E-state index contributed by atoms with van der Waals surface area (Å²) in [7, 11) is 0. The summed E-state index contributed by atoms with van der Waals surface area (Å²) in [6, 6.07) is 10.2. The Morgan fingerprint density at radius 1 is 1.19 bits per heavy atom. The van der Waals surface area contributed by atoms with E-state index in [2.05, 4.69) is 15.9 Å². The molecule has 5 heteroatoms. The van der Waals surface area contributed by atoms with Gasteiger partial charge in [-0.2, -0.15) is 0 Å². The van der Waals surface area contributed by atoms with E-state index < -0.39 is 11.4 Å². The molecule has 0 atom stereocenters. The third-order valence-corrected chi connectivity index (χ3v) is 3.40. The molecule has 0 radical (unpaired) electrons. The molecule has 0 unspecified atom stereocenters. The summed E-state index contributed by atoms with van der Waals surface area (Å²) >= 11 is 3.34. The molecule has 104 valence electrons. The lowest BCUT2D eigenvalue weighted by Crippen LogP contribution is -2.11. The molecule has 0 saturated heterocycles. The van der Waals surface area contributed by atoms with Gasteiger partial charge in [-0.25, -0.2) is 4.79 Å². The van der Waals surface area contributed by atoms with Gasteiger partial charge in [-0.05, 0) is 48.6 Å². The number of allylic oxidation sites excluding steroid dienone is 1. The molecule has 0 amide bonds. The molecule has 2 aromatic heterocycles. The Bertz CT molecular complexity index is 888. The summed E-state index contributed by atoms with van der Waals surface area (Å²) in [5.41, 5.74) is -0.225. The molecule has 0 saturated carbocycles. The molecule has 3 rings (SSSR count). The number of hydrogen-bond acceptors (Lipinski definition) is 4. The van der Waals surface area contributed by atoms with E-state index in [9.17, 15) is 9.59 Å². The van der Waals surface area contributed by atoms with Crippen molar-refractivity contribution in [1.29, 1.82) is 0 Å². The molecule has 0 aliphatic rings. The highest BCUT2D eigenvalue weighted by atomic mass is 79.9. The van der Waals surface area contributed by atoms with Gasteiger partial charge in [0.05, 0.1) is 6.26 Å². The summed E-state index contributed by atoms with van der Waals surface area (Å²) in [4.78, 5) is 24.0. The van der Waals surface area contributed by atoms with Crippen LogP contribution >= 0.6 is 15.9 Å². The zero-order chi connectivity index (χ0) is 14.8. The lowest BCUT2D eigenvalue weighted by Gasteiger charge is -1.99. The van der Waals surface area contributed by atoms with Gasteiger partial charge in [0.25, 0.3) is 0 Å². The van der Waals surface area contributed by atoms with Gasteiger partial charge in [-0.1, -0.05) is 15.9 Å². The Morgan fingerprint density at radius 3 is 2.81 bits per heavy atom. The quantitative estimate of drug-likeness (QED) is 0.408. The SMILES string of the molecule is O=C(C=Cc1ccco1)c1cc2cc(Br)ccc2oc1=O. The van der Waals surface area contributed by atoms with Crippen molar-refractivity contribution in [1.82, 2.24) is 0 Å². The van der Waals surface area contributed by atoms with Crippen LogP contribution in [0.1, 0.15) is 16.1 Å². The van der Waals surface area contributed by atoms with Gasteiger partial charge < -0.3 is 8.83 Å². The van der Waals surface area contributed by atoms with Crippen LogP contribution in [0, 0.1) is 0 Å². The van der Waals surface area contributed by atoms with Crippen molar-refractivity contribution >= 4 is 38.8 Å². The first kappa shape index (κ1) is 13.6. The molecule has 2 heterocycles. The second-order valence-corrected chi connectivity index (χ2v) is 5.26. The van der Waals surface area contributed by atoms with E-state index in [0.717, 1.165) is 4.47 Å². The van der Waals surface area contributed by atoms with Crippen molar-refractivity contribution in [2.24, 2.45) is 0 Å². The number of carbonyl (C=O) groups is 1. The number of carbonyl (C=O) groups excluding carboxylic acids is 1. The predicted octanol–water partition coefficient (Wildman–Crippen LogP) is 4.04. The number of halogens is 1. The Hall–Kier alpha value is -2.40. The van der Waals surface area contributed by atoms with Crippen LogP contribution in [0.2, 0.25) is 0 Å². The minimum atomic E-state index is -0.654. The van der Waals surface area contributed by atoms with E-state index in [4.69, 9.17) is 8.83 Å². The van der Waals surface area contributed by atoms with Gasteiger partial charge in [0, 0.05) is 9.86 Å². The second-order valence-electron chi connectivity index (χ2n) is 4.34. The topological polar surface area (TPSA) is 60.4 Å². The van der Waals surface area contributed by atoms with Crippen LogP contribution in [-0.2, 0) is 0 Å². The normalized spacial score (nSPS) is 11.3. The highest BCUT2D eigenvalue weighted by Gasteiger charge is 2.11. The van der Waals surface area contributed by atoms with Gasteiger partial charge in [0.15, 0.2) is 5.78 Å². The summed E-state index contributed by atoms with van der Waals surface area (Å²) in [5.74, 6) is 0.110. The highest BCUT2D eigenvalue weighted by Crippen LogP contribution is 2.19. The summed E-state index contributed by atoms with van der Waals surface area (Å²) in [5, 5.41) is 0.679. The zero-order valence-electron chi connectivity index (χ0n) is 10.7. The molecule has 0 aliphatic carbocycles. The Balaban J connectivity index is 2.01. The van der Waals surface area contributed by atoms with Crippen LogP contribution in [0.25, 0.3) is 17.0 Å². The second kappa shape index (κ2) is 5.54. The maximum absolute atomic E-state index is 12.1. The maximum Gasteiger partial charge on any atom is 0.347 e. The van der Waals surface area contributed by atoms with Crippen LogP contribution in [0.5, 0.6) is 0 Å². The Labute approximate surface area is 127 Å². The smallest absolute Gasteiger partial charge is 0.347 e. The molecular weight excluding hydrogens is 336 g/mol. The van der Waals surface area contributed by atoms with Crippen molar-refractivity contribution in [2.45, 2.75) is 0 Å². The molecule has 0 fully saturated rings. The van der Waals surface area contributed by atoms with Gasteiger partial charge >= 0.3 is 5.63 Å². The molecule has 1 aromatic carbocycles. The molecule has 0 spiro atoms. The largest absolute Gasteiger partial charge is 0.465 e. The molecule has 4 nitrogen and oxygen atoms in total. The fourth-order valence-corrected chi connectivity index (χ4v) is 2.28. The van der Waals surface area contributed by atoms with Crippen molar-refractivity contribution in [3.8, 4) is 0 Å². The fourth-order valence-electron chi connectivity index (χ4n) is 1.90. The number of furan rings is 1. The number of hydrogen-bond donors (Lipinski definition) is 0. The van der Waals surface area contributed by atoms with Crippen molar-refractivity contribution in [3.63, 3.8) is 0 Å². The van der Waals surface area contributed by atoms with Gasteiger partial charge in [-0.3, -0.25) is 4.79 Å². The van der Waals surface area contributed by atoms with Crippen LogP contribution in [0.3, 0.4) is 0 Å². The van der Waals surface area contributed by atoms with Crippen LogP contribution in [0.4, 0.5) is 0 Å². The third-order valence-electron chi connectivity index (χ3n) is 2.90. The van der Waals surface area contributed by atoms with E-state index in [1.807, 2.05) is 0 Å². The van der Waals surface area contributed by atoms with E-state index >= 15 is 0 Å². The third kappa shape index (κ3) is 2.87. The first-order chi connectivity index (χ1) is 10.1. The standard InChI is InChI=1S/C16H9BrO4/c17-11-3-6-15-10(8-11)9-13(16(19)21-15)14(18)5-4-12-2-1-7-20-12/h1-9H. The predicted molar refractivity (Wildman–Crippen MR) is 82.3 cm³/mol. The minimum absolute atomic E-state index is 0.0107. The molecular formula is C16H9BrO4. The molecule has 0 aliphatic heterocycles. The van der Waals surface area contributed by atoms with Gasteiger partial charge in [0.1, 0.15) is 16.9 Å². The summed E-state index contributed by atoms with van der Waals surface area (Å²) < 4.78 is 11.1. The van der Waals surface area contributed by atoms with Crippen molar-refractivity contribution in [3.05, 3.63) is 75.0 Å². The first-order valence-electron chi connectivity index (χ1n) is 6.13. The maximum atomic E-state index is 12.1. The lowest BCUT2D eigenvalue weighted by atomic mass is 10.1. The van der Waals surface area contributed by atoms with E-state index in [1.165, 1.54) is 24.5 Å². The molecule has 3 aromatic rings. The number of fused-ring (bicyclic) bond motifs is 1. The van der Waals surface area contributed by atoms with Crippen molar-refractivity contribution < 1.29 is 13.6 Å².